The van der Waals surface area contributed by atoms with E-state index in [1.807, 2.05) is 36.4 Å². The van der Waals surface area contributed by atoms with E-state index in [4.69, 9.17) is 21.1 Å². The number of ether oxygens (including phenoxy) is 2. The molecule has 4 aliphatic rings. The molecule has 3 fully saturated rings. The highest BCUT2D eigenvalue weighted by Crippen LogP contribution is 2.68. The van der Waals surface area contributed by atoms with E-state index in [0.29, 0.717) is 28.8 Å². The number of H-pyrrole nitrogens is 1. The Balaban J connectivity index is 1.13. The topological polar surface area (TPSA) is 132 Å². The van der Waals surface area contributed by atoms with Crippen molar-refractivity contribution in [3.63, 3.8) is 0 Å². The standard InChI is InChI=1S/C33H26ClN3O7S2/c1-43-23-12-16(5-10-22(23)44-14-15-3-2-4-17(34)11-15)24-25-20-13-21(28(25)45-30-29(24)46-33(40)35-30)27-26(20)31(38)36(32(27)39)18-6-8-19(9-7-18)37(41)42/h2-12,20-21,24-28H,13-14H2,1H3,(H,35,40)/t20-,21-,24+,25+,26+,27+,28-/m1/s1. The van der Waals surface area contributed by atoms with Gasteiger partial charge in [0.25, 0.3) is 5.69 Å². The number of aromatic amines is 1. The van der Waals surface area contributed by atoms with Crippen LogP contribution in [0, 0.1) is 39.7 Å². The smallest absolute Gasteiger partial charge is 0.305 e. The van der Waals surface area contributed by atoms with E-state index in [-0.39, 0.29) is 51.3 Å². The van der Waals surface area contributed by atoms with E-state index in [9.17, 15) is 24.5 Å². The summed E-state index contributed by atoms with van der Waals surface area (Å²) in [6.45, 7) is 0.304. The zero-order valence-corrected chi connectivity index (χ0v) is 26.6. The van der Waals surface area contributed by atoms with Crippen molar-refractivity contribution in [2.75, 3.05) is 12.0 Å². The second-order valence-electron chi connectivity index (χ2n) is 12.1. The van der Waals surface area contributed by atoms with Gasteiger partial charge < -0.3 is 14.5 Å². The highest BCUT2D eigenvalue weighted by molar-refractivity contribution is 8.00. The second kappa shape index (κ2) is 11.0. The van der Waals surface area contributed by atoms with Gasteiger partial charge in [-0.3, -0.25) is 29.4 Å². The van der Waals surface area contributed by atoms with Crippen LogP contribution in [0.4, 0.5) is 11.4 Å². The monoisotopic (exact) mass is 675 g/mol. The van der Waals surface area contributed by atoms with Gasteiger partial charge in [0, 0.05) is 33.2 Å². The molecule has 1 saturated heterocycles. The van der Waals surface area contributed by atoms with E-state index in [2.05, 4.69) is 4.98 Å². The van der Waals surface area contributed by atoms with Gasteiger partial charge >= 0.3 is 4.87 Å². The molecule has 2 bridgehead atoms. The van der Waals surface area contributed by atoms with Crippen LogP contribution in [0.2, 0.25) is 5.02 Å². The summed E-state index contributed by atoms with van der Waals surface area (Å²) in [6, 6.07) is 18.8. The number of rotatable bonds is 7. The molecule has 1 N–H and O–H groups in total. The summed E-state index contributed by atoms with van der Waals surface area (Å²) in [5, 5.41) is 12.6. The molecule has 0 radical (unpaired) electrons. The Bertz CT molecular complexity index is 1980. The van der Waals surface area contributed by atoms with Crippen molar-refractivity contribution in [3.8, 4) is 11.5 Å². The molecule has 4 aromatic rings. The molecule has 3 aromatic carbocycles. The highest BCUT2D eigenvalue weighted by Gasteiger charge is 2.69. The Morgan fingerprint density at radius 2 is 1.76 bits per heavy atom. The van der Waals surface area contributed by atoms with Gasteiger partial charge in [-0.1, -0.05) is 41.1 Å². The van der Waals surface area contributed by atoms with E-state index in [1.165, 1.54) is 40.5 Å². The zero-order chi connectivity index (χ0) is 31.9. The van der Waals surface area contributed by atoms with E-state index >= 15 is 0 Å². The zero-order valence-electron chi connectivity index (χ0n) is 24.3. The molecule has 13 heteroatoms. The number of nitrogens with one attached hydrogen (secondary N) is 1. The molecule has 3 heterocycles. The summed E-state index contributed by atoms with van der Waals surface area (Å²) >= 11 is 8.95. The lowest BCUT2D eigenvalue weighted by Gasteiger charge is -2.43. The maximum Gasteiger partial charge on any atom is 0.305 e. The number of fused-ring (bicyclic) bond motifs is 9. The number of carbonyl (C=O) groups excluding carboxylic acids is 2. The van der Waals surface area contributed by atoms with Crippen LogP contribution in [0.5, 0.6) is 11.5 Å². The van der Waals surface area contributed by atoms with Crippen LogP contribution in [0.25, 0.3) is 0 Å². The van der Waals surface area contributed by atoms with Crippen LogP contribution in [0.3, 0.4) is 0 Å². The minimum absolute atomic E-state index is 0.00620. The maximum atomic E-state index is 14.0. The number of methoxy groups -OCH3 is 1. The molecule has 2 aliphatic carbocycles. The van der Waals surface area contributed by atoms with Gasteiger partial charge in [0.1, 0.15) is 6.61 Å². The maximum absolute atomic E-state index is 14.0. The fraction of sp³-hybridized carbons (Fsp3) is 0.303. The predicted molar refractivity (Wildman–Crippen MR) is 173 cm³/mol. The number of halogens is 1. The van der Waals surface area contributed by atoms with Crippen molar-refractivity contribution in [2.45, 2.75) is 29.2 Å². The first-order valence-electron chi connectivity index (χ1n) is 14.8. The third kappa shape index (κ3) is 4.49. The first-order valence-corrected chi connectivity index (χ1v) is 16.9. The Kier molecular flexibility index (Phi) is 7.00. The van der Waals surface area contributed by atoms with Gasteiger partial charge in [-0.2, -0.15) is 0 Å². The number of thiazole rings is 1. The van der Waals surface area contributed by atoms with Gasteiger partial charge in [0.05, 0.1) is 34.6 Å². The number of hydrogen-bond donors (Lipinski definition) is 1. The largest absolute Gasteiger partial charge is 0.493 e. The lowest BCUT2D eigenvalue weighted by Crippen LogP contribution is -2.42. The Hall–Kier alpha value is -4.13. The number of nitro groups is 1. The van der Waals surface area contributed by atoms with Crippen LogP contribution in [-0.2, 0) is 16.2 Å². The molecule has 2 aliphatic heterocycles. The molecule has 2 amide bonds. The molecule has 2 saturated carbocycles. The molecule has 1 aromatic heterocycles. The molecular formula is C33H26ClN3O7S2. The average Bonchev–Trinajstić information content (AvgIpc) is 3.78. The number of benzene rings is 3. The first-order chi connectivity index (χ1) is 22.2. The van der Waals surface area contributed by atoms with Crippen molar-refractivity contribution in [3.05, 3.63) is 108 Å². The highest BCUT2D eigenvalue weighted by atomic mass is 35.5. The fourth-order valence-corrected chi connectivity index (χ4v) is 11.3. The number of carbonyl (C=O) groups is 2. The summed E-state index contributed by atoms with van der Waals surface area (Å²) in [5.74, 6) is -0.650. The lowest BCUT2D eigenvalue weighted by molar-refractivity contribution is -0.384. The summed E-state index contributed by atoms with van der Waals surface area (Å²) in [5.41, 5.74) is 2.11. The van der Waals surface area contributed by atoms with Crippen LogP contribution in [0.15, 0.2) is 76.6 Å². The summed E-state index contributed by atoms with van der Waals surface area (Å²) < 4.78 is 11.9. The Morgan fingerprint density at radius 3 is 2.48 bits per heavy atom. The van der Waals surface area contributed by atoms with Crippen LogP contribution >= 0.6 is 34.7 Å². The number of non-ortho nitro benzene ring substituents is 1. The van der Waals surface area contributed by atoms with E-state index in [0.717, 1.165) is 27.5 Å². The second-order valence-corrected chi connectivity index (χ2v) is 14.7. The molecule has 0 unspecified atom stereocenters. The first kappa shape index (κ1) is 29.3. The van der Waals surface area contributed by atoms with Crippen molar-refractivity contribution in [2.24, 2.45) is 29.6 Å². The number of hydrogen-bond acceptors (Lipinski definition) is 9. The minimum Gasteiger partial charge on any atom is -0.493 e. The quantitative estimate of drug-likeness (QED) is 0.138. The van der Waals surface area contributed by atoms with Crippen molar-refractivity contribution in [1.29, 1.82) is 0 Å². The van der Waals surface area contributed by atoms with E-state index in [1.54, 1.807) is 24.9 Å². The summed E-state index contributed by atoms with van der Waals surface area (Å²) in [7, 11) is 1.59. The average molecular weight is 676 g/mol. The lowest BCUT2D eigenvalue weighted by atomic mass is 9.68. The third-order valence-electron chi connectivity index (χ3n) is 9.87. The molecular weight excluding hydrogens is 650 g/mol. The van der Waals surface area contributed by atoms with Crippen molar-refractivity contribution >= 4 is 57.9 Å². The van der Waals surface area contributed by atoms with Gasteiger partial charge in [-0.15, -0.1) is 11.8 Å². The molecule has 10 nitrogen and oxygen atoms in total. The SMILES string of the molecule is COc1cc([C@@H]2c3sc(=O)[nH]c3S[C@@H]3[C@@H]4C[C@@H]([C@@H]5C(=O)N(c6ccc([N+](=O)[O-])cc6)C(=O)[C@@H]45)[C@@H]23)ccc1OCc1cccc(Cl)c1. The number of aromatic nitrogens is 1. The van der Waals surface area contributed by atoms with Gasteiger partial charge in [-0.25, -0.2) is 0 Å². The van der Waals surface area contributed by atoms with Crippen LogP contribution < -0.4 is 19.2 Å². The van der Waals surface area contributed by atoms with Crippen molar-refractivity contribution in [1.82, 2.24) is 4.98 Å². The molecule has 234 valence electrons. The number of amides is 2. The molecule has 7 atom stereocenters. The fourth-order valence-electron chi connectivity index (χ4n) is 8.15. The van der Waals surface area contributed by atoms with Gasteiger partial charge in [0.15, 0.2) is 11.5 Å². The number of nitrogens with zero attached hydrogens (tertiary/aromatic N) is 2. The van der Waals surface area contributed by atoms with Crippen LogP contribution in [0.1, 0.15) is 28.3 Å². The van der Waals surface area contributed by atoms with Gasteiger partial charge in [-0.05, 0) is 71.7 Å². The van der Waals surface area contributed by atoms with Crippen molar-refractivity contribution < 1.29 is 24.0 Å². The molecule has 8 rings (SSSR count). The number of thioether (sulfide) groups is 1. The van der Waals surface area contributed by atoms with Gasteiger partial charge in [0.2, 0.25) is 11.8 Å². The Morgan fingerprint density at radius 1 is 1.00 bits per heavy atom. The Labute approximate surface area is 275 Å². The minimum atomic E-state index is -0.510. The predicted octanol–water partition coefficient (Wildman–Crippen LogP) is 6.26. The van der Waals surface area contributed by atoms with Crippen LogP contribution in [-0.4, -0.2) is 34.1 Å². The van der Waals surface area contributed by atoms with E-state index < -0.39 is 16.8 Å². The number of imide groups is 1. The normalized spacial score (nSPS) is 27.3. The summed E-state index contributed by atoms with van der Waals surface area (Å²) in [6.07, 6.45) is 0.747. The third-order valence-corrected chi connectivity index (χ3v) is 12.7. The summed E-state index contributed by atoms with van der Waals surface area (Å²) in [4.78, 5) is 56.2. The number of anilines is 1. The number of nitro benzene ring substituents is 1. The molecule has 46 heavy (non-hydrogen) atoms. The molecule has 0 spiro atoms.